The van der Waals surface area contributed by atoms with Gasteiger partial charge in [-0.1, -0.05) is 11.8 Å². The minimum Gasteiger partial charge on any atom is -0.445 e. The van der Waals surface area contributed by atoms with Gasteiger partial charge in [-0.2, -0.15) is 0 Å². The van der Waals surface area contributed by atoms with Crippen molar-refractivity contribution in [2.45, 2.75) is 46.3 Å². The first-order chi connectivity index (χ1) is 7.90. The first-order valence-electron chi connectivity index (χ1n) is 6.11. The number of amides is 1. The summed E-state index contributed by atoms with van der Waals surface area (Å²) >= 11 is 0. The smallest absolute Gasteiger partial charge is 0.407 e. The van der Waals surface area contributed by atoms with Crippen molar-refractivity contribution in [3.63, 3.8) is 0 Å². The lowest BCUT2D eigenvalue weighted by Gasteiger charge is -2.11. The Morgan fingerprint density at radius 2 is 2.24 bits per heavy atom. The fraction of sp³-hybridized carbons (Fsp3) is 0.769. The maximum absolute atomic E-state index is 11.2. The molecule has 0 unspecified atom stereocenters. The predicted molar refractivity (Wildman–Crippen MR) is 67.6 cm³/mol. The van der Waals surface area contributed by atoms with Gasteiger partial charge in [0.15, 0.2) is 0 Å². The molecule has 1 aliphatic rings. The monoisotopic (exact) mass is 238 g/mol. The van der Waals surface area contributed by atoms with Gasteiger partial charge in [0.25, 0.3) is 0 Å². The highest BCUT2D eigenvalue weighted by molar-refractivity contribution is 5.67. The molecule has 0 aromatic rings. The van der Waals surface area contributed by atoms with Crippen LogP contribution in [0, 0.1) is 17.3 Å². The first-order valence-corrected chi connectivity index (χ1v) is 6.11. The third-order valence-electron chi connectivity index (χ3n) is 2.31. The van der Waals surface area contributed by atoms with Crippen LogP contribution in [0.15, 0.2) is 0 Å². The zero-order chi connectivity index (χ0) is 12.9. The summed E-state index contributed by atoms with van der Waals surface area (Å²) in [5.41, 5.74) is 0.0141. The van der Waals surface area contributed by atoms with E-state index in [1.54, 1.807) is 0 Å². The van der Waals surface area contributed by atoms with Crippen LogP contribution in [0.1, 0.15) is 34.1 Å². The van der Waals surface area contributed by atoms with Crippen LogP contribution in [-0.4, -0.2) is 31.3 Å². The number of alkyl carbamates (subject to hydrolysis) is 1. The zero-order valence-electron chi connectivity index (χ0n) is 11.1. The fourth-order valence-electron chi connectivity index (χ4n) is 1.54. The van der Waals surface area contributed by atoms with Gasteiger partial charge in [0.05, 0.1) is 6.04 Å². The van der Waals surface area contributed by atoms with Crippen molar-refractivity contribution in [2.75, 3.05) is 13.1 Å². The van der Waals surface area contributed by atoms with E-state index < -0.39 is 0 Å². The molecule has 1 rings (SSSR count). The van der Waals surface area contributed by atoms with Crippen LogP contribution in [0.4, 0.5) is 4.79 Å². The standard InChI is InChI=1S/C13H22N2O2/c1-5-14-12(16)17-11-8-10(15-9-11)6-7-13(2,3)4/h10-11,15H,5,8-9H2,1-4H3,(H,14,16)/t10-,11-/m1/s1. The molecule has 4 heteroatoms. The molecule has 0 aromatic carbocycles. The maximum Gasteiger partial charge on any atom is 0.407 e. The summed E-state index contributed by atoms with van der Waals surface area (Å²) in [6.07, 6.45) is 0.352. The summed E-state index contributed by atoms with van der Waals surface area (Å²) in [6.45, 7) is 9.38. The molecule has 1 fully saturated rings. The molecule has 96 valence electrons. The van der Waals surface area contributed by atoms with Crippen LogP contribution >= 0.6 is 0 Å². The Bertz CT molecular complexity index is 323. The molecule has 1 aliphatic heterocycles. The van der Waals surface area contributed by atoms with Crippen LogP contribution < -0.4 is 10.6 Å². The van der Waals surface area contributed by atoms with Crippen molar-refractivity contribution < 1.29 is 9.53 Å². The molecule has 0 aromatic heterocycles. The average molecular weight is 238 g/mol. The minimum atomic E-state index is -0.344. The largest absolute Gasteiger partial charge is 0.445 e. The molecular formula is C13H22N2O2. The number of hydrogen-bond donors (Lipinski definition) is 2. The highest BCUT2D eigenvalue weighted by Gasteiger charge is 2.25. The quantitative estimate of drug-likeness (QED) is 0.717. The van der Waals surface area contributed by atoms with E-state index in [2.05, 4.69) is 43.2 Å². The van der Waals surface area contributed by atoms with Gasteiger partial charge in [-0.15, -0.1) is 0 Å². The molecule has 0 spiro atoms. The van der Waals surface area contributed by atoms with Crippen molar-refractivity contribution in [1.82, 2.24) is 10.6 Å². The Balaban J connectivity index is 2.37. The summed E-state index contributed by atoms with van der Waals surface area (Å²) in [5.74, 6) is 6.38. The Morgan fingerprint density at radius 1 is 1.53 bits per heavy atom. The van der Waals surface area contributed by atoms with Crippen molar-refractivity contribution in [3.8, 4) is 11.8 Å². The van der Waals surface area contributed by atoms with E-state index in [1.165, 1.54) is 0 Å². The second-order valence-electron chi connectivity index (χ2n) is 5.27. The average Bonchev–Trinajstić information content (AvgIpc) is 2.62. The number of rotatable bonds is 2. The third kappa shape index (κ3) is 5.60. The Hall–Kier alpha value is -1.21. The van der Waals surface area contributed by atoms with Gasteiger partial charge in [-0.05, 0) is 27.7 Å². The van der Waals surface area contributed by atoms with Crippen LogP contribution in [0.3, 0.4) is 0 Å². The second-order valence-corrected chi connectivity index (χ2v) is 5.27. The molecule has 2 N–H and O–H groups in total. The summed E-state index contributed by atoms with van der Waals surface area (Å²) in [6, 6.07) is 0.133. The predicted octanol–water partition coefficient (Wildman–Crippen LogP) is 1.51. The van der Waals surface area contributed by atoms with Gasteiger partial charge in [-0.25, -0.2) is 4.79 Å². The number of nitrogens with one attached hydrogen (secondary N) is 2. The van der Waals surface area contributed by atoms with Crippen molar-refractivity contribution in [1.29, 1.82) is 0 Å². The zero-order valence-corrected chi connectivity index (χ0v) is 11.1. The molecule has 0 bridgehead atoms. The maximum atomic E-state index is 11.2. The van der Waals surface area contributed by atoms with Gasteiger partial charge in [0.1, 0.15) is 6.10 Å². The summed E-state index contributed by atoms with van der Waals surface area (Å²) in [4.78, 5) is 11.2. The fourth-order valence-corrected chi connectivity index (χ4v) is 1.54. The second kappa shape index (κ2) is 5.92. The summed E-state index contributed by atoms with van der Waals surface area (Å²) in [7, 11) is 0. The third-order valence-corrected chi connectivity index (χ3v) is 2.31. The minimum absolute atomic E-state index is 0.0141. The van der Waals surface area contributed by atoms with Crippen LogP contribution in [0.25, 0.3) is 0 Å². The van der Waals surface area contributed by atoms with Crippen molar-refractivity contribution in [2.24, 2.45) is 5.41 Å². The molecule has 1 amide bonds. The summed E-state index contributed by atoms with van der Waals surface area (Å²) in [5, 5.41) is 5.87. The highest BCUT2D eigenvalue weighted by Crippen LogP contribution is 2.13. The van der Waals surface area contributed by atoms with E-state index in [4.69, 9.17) is 4.74 Å². The Morgan fingerprint density at radius 3 is 2.82 bits per heavy atom. The Labute approximate surface area is 103 Å². The molecule has 0 radical (unpaired) electrons. The van der Waals surface area contributed by atoms with Crippen molar-refractivity contribution in [3.05, 3.63) is 0 Å². The van der Waals surface area contributed by atoms with Crippen LogP contribution in [0.5, 0.6) is 0 Å². The number of hydrogen-bond acceptors (Lipinski definition) is 3. The number of carbonyl (C=O) groups is 1. The van der Waals surface area contributed by atoms with Gasteiger partial charge < -0.3 is 10.1 Å². The summed E-state index contributed by atoms with van der Waals surface area (Å²) < 4.78 is 5.23. The first kappa shape index (κ1) is 13.9. The van der Waals surface area contributed by atoms with Gasteiger partial charge in [0.2, 0.25) is 0 Å². The lowest BCUT2D eigenvalue weighted by atomic mass is 9.97. The number of ether oxygens (including phenoxy) is 1. The molecule has 4 nitrogen and oxygen atoms in total. The van der Waals surface area contributed by atoms with Crippen LogP contribution in [0.2, 0.25) is 0 Å². The molecule has 2 atom stereocenters. The molecular weight excluding hydrogens is 216 g/mol. The lowest BCUT2D eigenvalue weighted by Crippen LogP contribution is -2.29. The topological polar surface area (TPSA) is 50.4 Å². The van der Waals surface area contributed by atoms with Gasteiger partial charge in [0, 0.05) is 24.9 Å². The van der Waals surface area contributed by atoms with Crippen molar-refractivity contribution >= 4 is 6.09 Å². The van der Waals surface area contributed by atoms with Crippen LogP contribution in [-0.2, 0) is 4.74 Å². The number of carbonyl (C=O) groups excluding carboxylic acids is 1. The lowest BCUT2D eigenvalue weighted by molar-refractivity contribution is 0.107. The molecule has 1 heterocycles. The normalized spacial score (nSPS) is 23.8. The molecule has 0 saturated carbocycles. The van der Waals surface area contributed by atoms with E-state index in [1.807, 2.05) is 6.92 Å². The van der Waals surface area contributed by atoms with Gasteiger partial charge in [-0.3, -0.25) is 5.32 Å². The van der Waals surface area contributed by atoms with E-state index in [0.717, 1.165) is 6.42 Å². The molecule has 17 heavy (non-hydrogen) atoms. The van der Waals surface area contributed by atoms with E-state index in [-0.39, 0.29) is 23.7 Å². The van der Waals surface area contributed by atoms with Gasteiger partial charge >= 0.3 is 6.09 Å². The molecule has 1 saturated heterocycles. The molecule has 0 aliphatic carbocycles. The van der Waals surface area contributed by atoms with E-state index >= 15 is 0 Å². The Kier molecular flexibility index (Phi) is 4.83. The van der Waals surface area contributed by atoms with E-state index in [9.17, 15) is 4.79 Å². The SMILES string of the molecule is CCNC(=O)O[C@H]1CN[C@H](C#CC(C)(C)C)C1. The van der Waals surface area contributed by atoms with E-state index in [0.29, 0.717) is 13.1 Å². The highest BCUT2D eigenvalue weighted by atomic mass is 16.6.